The average molecular weight is 235 g/mol. The van der Waals surface area contributed by atoms with Crippen LogP contribution in [0.3, 0.4) is 0 Å². The van der Waals surface area contributed by atoms with E-state index in [1.165, 1.54) is 6.20 Å². The van der Waals surface area contributed by atoms with Crippen LogP contribution in [0.5, 0.6) is 5.88 Å². The topological polar surface area (TPSA) is 80.3 Å². The lowest BCUT2D eigenvalue weighted by molar-refractivity contribution is -0.139. The van der Waals surface area contributed by atoms with Gasteiger partial charge in [-0.1, -0.05) is 6.07 Å². The van der Waals surface area contributed by atoms with Gasteiger partial charge < -0.3 is 15.4 Å². The first-order chi connectivity index (χ1) is 8.24. The number of amides is 1. The second-order valence-corrected chi connectivity index (χ2v) is 3.74. The molecular weight excluding hydrogens is 222 g/mol. The molecule has 0 radical (unpaired) electrons. The number of hydrogen-bond acceptors (Lipinski definition) is 5. The Hall–Kier alpha value is -1.95. The summed E-state index contributed by atoms with van der Waals surface area (Å²) in [6.07, 6.45) is 1.23. The Kier molecular flexibility index (Phi) is 3.66. The molecule has 0 spiro atoms. The Morgan fingerprint density at radius 3 is 2.88 bits per heavy atom. The molecule has 1 aliphatic heterocycles. The summed E-state index contributed by atoms with van der Waals surface area (Å²) in [7, 11) is 0. The van der Waals surface area contributed by atoms with Crippen LogP contribution >= 0.6 is 0 Å². The largest absolute Gasteiger partial charge is 0.407 e. The highest BCUT2D eigenvalue weighted by Crippen LogP contribution is 2.04. The van der Waals surface area contributed by atoms with Gasteiger partial charge in [-0.3, -0.25) is 9.59 Å². The zero-order valence-electron chi connectivity index (χ0n) is 9.18. The standard InChI is InChI=1S/C11H13N3O3/c15-9(14-8-6-12-7-8)5-11(16)17-10-3-1-2-4-13-10/h1-4,8,12H,5-7H2,(H,14,15). The van der Waals surface area contributed by atoms with E-state index in [2.05, 4.69) is 15.6 Å². The smallest absolute Gasteiger partial charge is 0.322 e. The number of nitrogens with zero attached hydrogens (tertiary/aromatic N) is 1. The molecule has 0 saturated carbocycles. The zero-order chi connectivity index (χ0) is 12.1. The van der Waals surface area contributed by atoms with Crippen LogP contribution in [0, 0.1) is 0 Å². The Morgan fingerprint density at radius 1 is 1.47 bits per heavy atom. The lowest BCUT2D eigenvalue weighted by Gasteiger charge is -2.27. The summed E-state index contributed by atoms with van der Waals surface area (Å²) in [5.41, 5.74) is 0. The van der Waals surface area contributed by atoms with Gasteiger partial charge in [0.25, 0.3) is 0 Å². The summed E-state index contributed by atoms with van der Waals surface area (Å²) in [4.78, 5) is 26.6. The van der Waals surface area contributed by atoms with E-state index >= 15 is 0 Å². The van der Waals surface area contributed by atoms with Crippen LogP contribution < -0.4 is 15.4 Å². The molecule has 0 aliphatic carbocycles. The van der Waals surface area contributed by atoms with Crippen molar-refractivity contribution in [3.63, 3.8) is 0 Å². The van der Waals surface area contributed by atoms with Gasteiger partial charge in [0.2, 0.25) is 11.8 Å². The molecule has 17 heavy (non-hydrogen) atoms. The maximum absolute atomic E-state index is 11.4. The van der Waals surface area contributed by atoms with Crippen LogP contribution in [0.4, 0.5) is 0 Å². The fourth-order valence-electron chi connectivity index (χ4n) is 1.36. The molecule has 1 aromatic heterocycles. The molecule has 2 N–H and O–H groups in total. The predicted octanol–water partition coefficient (Wildman–Crippen LogP) is -0.535. The predicted molar refractivity (Wildman–Crippen MR) is 59.3 cm³/mol. The van der Waals surface area contributed by atoms with Crippen LogP contribution in [0.1, 0.15) is 6.42 Å². The molecule has 90 valence electrons. The molecule has 1 aliphatic rings. The number of carbonyl (C=O) groups excluding carboxylic acids is 2. The van der Waals surface area contributed by atoms with Gasteiger partial charge in [0.05, 0.1) is 6.04 Å². The fourth-order valence-corrected chi connectivity index (χ4v) is 1.36. The molecular formula is C11H13N3O3. The number of carbonyl (C=O) groups is 2. The molecule has 6 nitrogen and oxygen atoms in total. The van der Waals surface area contributed by atoms with E-state index in [1.807, 2.05) is 0 Å². The van der Waals surface area contributed by atoms with Gasteiger partial charge in [-0.2, -0.15) is 0 Å². The van der Waals surface area contributed by atoms with E-state index in [0.29, 0.717) is 0 Å². The molecule has 0 atom stereocenters. The van der Waals surface area contributed by atoms with Crippen LogP contribution in [-0.4, -0.2) is 36.0 Å². The third-order valence-electron chi connectivity index (χ3n) is 2.31. The molecule has 0 bridgehead atoms. The number of pyridine rings is 1. The lowest BCUT2D eigenvalue weighted by atomic mass is 10.2. The second-order valence-electron chi connectivity index (χ2n) is 3.74. The van der Waals surface area contributed by atoms with Crippen molar-refractivity contribution in [1.82, 2.24) is 15.6 Å². The van der Waals surface area contributed by atoms with Gasteiger partial charge in [-0.05, 0) is 6.07 Å². The maximum Gasteiger partial charge on any atom is 0.322 e. The molecule has 0 unspecified atom stereocenters. The molecule has 1 aromatic rings. The highest BCUT2D eigenvalue weighted by atomic mass is 16.5. The number of hydrogen-bond donors (Lipinski definition) is 2. The molecule has 2 heterocycles. The van der Waals surface area contributed by atoms with Gasteiger partial charge in [-0.15, -0.1) is 0 Å². The molecule has 0 aromatic carbocycles. The van der Waals surface area contributed by atoms with E-state index in [-0.39, 0.29) is 24.2 Å². The van der Waals surface area contributed by atoms with Gasteiger partial charge in [-0.25, -0.2) is 4.98 Å². The molecule has 2 rings (SSSR count). The van der Waals surface area contributed by atoms with E-state index in [0.717, 1.165) is 13.1 Å². The van der Waals surface area contributed by atoms with Crippen molar-refractivity contribution in [3.05, 3.63) is 24.4 Å². The van der Waals surface area contributed by atoms with Crippen LogP contribution in [0.15, 0.2) is 24.4 Å². The Labute approximate surface area is 98.4 Å². The van der Waals surface area contributed by atoms with Crippen molar-refractivity contribution in [2.75, 3.05) is 13.1 Å². The Morgan fingerprint density at radius 2 is 2.29 bits per heavy atom. The molecule has 6 heteroatoms. The summed E-state index contributed by atoms with van der Waals surface area (Å²) in [5, 5.41) is 5.73. The molecule has 1 saturated heterocycles. The first-order valence-corrected chi connectivity index (χ1v) is 5.36. The first kappa shape index (κ1) is 11.5. The summed E-state index contributed by atoms with van der Waals surface area (Å²) < 4.78 is 4.89. The highest BCUT2D eigenvalue weighted by Gasteiger charge is 2.20. The highest BCUT2D eigenvalue weighted by molar-refractivity contribution is 5.95. The first-order valence-electron chi connectivity index (χ1n) is 5.36. The van der Waals surface area contributed by atoms with Crippen molar-refractivity contribution in [2.24, 2.45) is 0 Å². The van der Waals surface area contributed by atoms with E-state index in [4.69, 9.17) is 4.74 Å². The lowest BCUT2D eigenvalue weighted by Crippen LogP contribution is -2.57. The monoisotopic (exact) mass is 235 g/mol. The quantitative estimate of drug-likeness (QED) is 0.541. The third kappa shape index (κ3) is 3.53. The number of aromatic nitrogens is 1. The Balaban J connectivity index is 1.75. The van der Waals surface area contributed by atoms with Crippen LogP contribution in [0.25, 0.3) is 0 Å². The van der Waals surface area contributed by atoms with Crippen molar-refractivity contribution < 1.29 is 14.3 Å². The minimum absolute atomic E-state index is 0.130. The summed E-state index contributed by atoms with van der Waals surface area (Å²) in [5.74, 6) is -0.721. The van der Waals surface area contributed by atoms with Crippen molar-refractivity contribution in [1.29, 1.82) is 0 Å². The van der Waals surface area contributed by atoms with Gasteiger partial charge >= 0.3 is 5.97 Å². The Bertz CT molecular complexity index is 404. The normalized spacial score (nSPS) is 14.8. The van der Waals surface area contributed by atoms with Crippen LogP contribution in [0.2, 0.25) is 0 Å². The SMILES string of the molecule is O=C(CC(=O)Oc1ccccn1)NC1CNC1. The van der Waals surface area contributed by atoms with E-state index < -0.39 is 5.97 Å². The third-order valence-corrected chi connectivity index (χ3v) is 2.31. The number of rotatable bonds is 4. The summed E-state index contributed by atoms with van der Waals surface area (Å²) in [6.45, 7) is 1.50. The number of nitrogens with one attached hydrogen (secondary N) is 2. The minimum Gasteiger partial charge on any atom is -0.407 e. The van der Waals surface area contributed by atoms with Gasteiger partial charge in [0.15, 0.2) is 0 Å². The zero-order valence-corrected chi connectivity index (χ0v) is 9.18. The second kappa shape index (κ2) is 5.40. The van der Waals surface area contributed by atoms with Crippen molar-refractivity contribution in [3.8, 4) is 5.88 Å². The maximum atomic E-state index is 11.4. The summed E-state index contributed by atoms with van der Waals surface area (Å²) >= 11 is 0. The van der Waals surface area contributed by atoms with Crippen molar-refractivity contribution in [2.45, 2.75) is 12.5 Å². The van der Waals surface area contributed by atoms with Gasteiger partial charge in [0.1, 0.15) is 6.42 Å². The number of esters is 1. The van der Waals surface area contributed by atoms with Crippen LogP contribution in [-0.2, 0) is 9.59 Å². The number of ether oxygens (including phenoxy) is 1. The van der Waals surface area contributed by atoms with E-state index in [1.54, 1.807) is 18.2 Å². The van der Waals surface area contributed by atoms with E-state index in [9.17, 15) is 9.59 Å². The minimum atomic E-state index is -0.603. The molecule has 1 fully saturated rings. The summed E-state index contributed by atoms with van der Waals surface area (Å²) in [6, 6.07) is 5.11. The fraction of sp³-hybridized carbons (Fsp3) is 0.364. The average Bonchev–Trinajstić information content (AvgIpc) is 2.25. The van der Waals surface area contributed by atoms with Gasteiger partial charge in [0, 0.05) is 25.4 Å². The van der Waals surface area contributed by atoms with Crippen molar-refractivity contribution >= 4 is 11.9 Å². The molecule has 1 amide bonds.